The van der Waals surface area contributed by atoms with Gasteiger partial charge in [-0.2, -0.15) is 0 Å². The van der Waals surface area contributed by atoms with Crippen LogP contribution in [-0.2, 0) is 9.53 Å². The molecule has 0 aliphatic carbocycles. The number of hydrogen-bond donors (Lipinski definition) is 0. The average Bonchev–Trinajstić information content (AvgIpc) is 2.91. The van der Waals surface area contributed by atoms with E-state index in [-0.39, 0.29) is 12.2 Å². The number of amides is 1. The number of carbonyl (C=O) groups excluding carboxylic acids is 2. The number of hydrogen-bond acceptors (Lipinski definition) is 3. The van der Waals surface area contributed by atoms with Crippen molar-refractivity contribution >= 4 is 11.9 Å². The van der Waals surface area contributed by atoms with Crippen molar-refractivity contribution in [2.75, 3.05) is 13.2 Å². The largest absolute Gasteiger partial charge is 0.464 e. The summed E-state index contributed by atoms with van der Waals surface area (Å²) in [5.74, 6) is -1.37. The molecule has 1 aliphatic rings. The molecular formula is C15H18FNO3. The minimum absolute atomic E-state index is 0.0150. The molecule has 0 saturated carbocycles. The van der Waals surface area contributed by atoms with Gasteiger partial charge >= 0.3 is 5.97 Å². The number of benzene rings is 1. The van der Waals surface area contributed by atoms with Crippen LogP contribution in [-0.4, -0.2) is 36.0 Å². The van der Waals surface area contributed by atoms with E-state index in [1.165, 1.54) is 11.0 Å². The Morgan fingerprint density at radius 1 is 1.45 bits per heavy atom. The predicted octanol–water partition coefficient (Wildman–Crippen LogP) is 2.30. The molecule has 5 heteroatoms. The number of halogens is 1. The molecule has 0 aromatic heterocycles. The van der Waals surface area contributed by atoms with Gasteiger partial charge in [-0.25, -0.2) is 9.18 Å². The van der Waals surface area contributed by atoms with E-state index < -0.39 is 23.7 Å². The van der Waals surface area contributed by atoms with E-state index in [9.17, 15) is 14.0 Å². The van der Waals surface area contributed by atoms with Crippen LogP contribution in [0, 0.1) is 12.7 Å². The molecule has 0 radical (unpaired) electrons. The summed E-state index contributed by atoms with van der Waals surface area (Å²) in [4.78, 5) is 25.7. The van der Waals surface area contributed by atoms with Gasteiger partial charge < -0.3 is 9.64 Å². The first-order chi connectivity index (χ1) is 9.56. The van der Waals surface area contributed by atoms with E-state index in [1.807, 2.05) is 0 Å². The average molecular weight is 279 g/mol. The summed E-state index contributed by atoms with van der Waals surface area (Å²) in [7, 11) is 0. The van der Waals surface area contributed by atoms with Crippen LogP contribution in [0.1, 0.15) is 35.7 Å². The molecule has 1 heterocycles. The quantitative estimate of drug-likeness (QED) is 0.798. The topological polar surface area (TPSA) is 46.6 Å². The monoisotopic (exact) mass is 279 g/mol. The summed E-state index contributed by atoms with van der Waals surface area (Å²) in [6.07, 6.45) is 1.29. The zero-order chi connectivity index (χ0) is 14.7. The van der Waals surface area contributed by atoms with Crippen LogP contribution in [0.5, 0.6) is 0 Å². The molecule has 1 aromatic carbocycles. The lowest BCUT2D eigenvalue weighted by Gasteiger charge is -2.23. The highest BCUT2D eigenvalue weighted by atomic mass is 19.1. The number of ether oxygens (including phenoxy) is 1. The lowest BCUT2D eigenvalue weighted by Crippen LogP contribution is -2.41. The Bertz CT molecular complexity index is 530. The van der Waals surface area contributed by atoms with E-state index in [2.05, 4.69) is 0 Å². The number of likely N-dealkylation sites (tertiary alicyclic amines) is 1. The molecule has 0 N–H and O–H groups in total. The first-order valence-electron chi connectivity index (χ1n) is 6.79. The third-order valence-electron chi connectivity index (χ3n) is 3.49. The zero-order valence-electron chi connectivity index (χ0n) is 11.7. The van der Waals surface area contributed by atoms with E-state index in [0.717, 1.165) is 6.42 Å². The van der Waals surface area contributed by atoms with Crippen molar-refractivity contribution in [1.82, 2.24) is 4.90 Å². The summed E-state index contributed by atoms with van der Waals surface area (Å²) in [5.41, 5.74) is 0.434. The molecule has 1 aromatic rings. The van der Waals surface area contributed by atoms with Crippen LogP contribution in [0.2, 0.25) is 0 Å². The van der Waals surface area contributed by atoms with Gasteiger partial charge in [0.05, 0.1) is 12.2 Å². The van der Waals surface area contributed by atoms with E-state index in [1.54, 1.807) is 26.0 Å². The highest BCUT2D eigenvalue weighted by molar-refractivity contribution is 5.97. The third-order valence-corrected chi connectivity index (χ3v) is 3.49. The van der Waals surface area contributed by atoms with Gasteiger partial charge in [0, 0.05) is 6.54 Å². The summed E-state index contributed by atoms with van der Waals surface area (Å²) in [6.45, 7) is 4.06. The fourth-order valence-electron chi connectivity index (χ4n) is 2.46. The Labute approximate surface area is 117 Å². The fourth-order valence-corrected chi connectivity index (χ4v) is 2.46. The van der Waals surface area contributed by atoms with Crippen LogP contribution in [0.3, 0.4) is 0 Å². The Morgan fingerprint density at radius 2 is 2.20 bits per heavy atom. The maximum absolute atomic E-state index is 14.0. The first kappa shape index (κ1) is 14.5. The zero-order valence-corrected chi connectivity index (χ0v) is 11.7. The van der Waals surface area contributed by atoms with Gasteiger partial charge in [0.15, 0.2) is 0 Å². The lowest BCUT2D eigenvalue weighted by molar-refractivity contribution is -0.147. The highest BCUT2D eigenvalue weighted by Gasteiger charge is 2.36. The van der Waals surface area contributed by atoms with Crippen molar-refractivity contribution in [3.8, 4) is 0 Å². The van der Waals surface area contributed by atoms with Crippen molar-refractivity contribution in [2.24, 2.45) is 0 Å². The first-order valence-corrected chi connectivity index (χ1v) is 6.79. The van der Waals surface area contributed by atoms with Crippen LogP contribution in [0.25, 0.3) is 0 Å². The van der Waals surface area contributed by atoms with Gasteiger partial charge in [-0.3, -0.25) is 4.79 Å². The molecule has 0 spiro atoms. The van der Waals surface area contributed by atoms with Crippen LogP contribution >= 0.6 is 0 Å². The maximum atomic E-state index is 14.0. The molecule has 4 nitrogen and oxygen atoms in total. The molecule has 1 aliphatic heterocycles. The minimum Gasteiger partial charge on any atom is -0.464 e. The Hall–Kier alpha value is -1.91. The van der Waals surface area contributed by atoms with E-state index >= 15 is 0 Å². The molecule has 20 heavy (non-hydrogen) atoms. The van der Waals surface area contributed by atoms with Crippen LogP contribution in [0.15, 0.2) is 18.2 Å². The molecule has 1 amide bonds. The number of esters is 1. The van der Waals surface area contributed by atoms with Gasteiger partial charge in [0.1, 0.15) is 11.9 Å². The Kier molecular flexibility index (Phi) is 4.37. The number of rotatable bonds is 3. The van der Waals surface area contributed by atoms with Gasteiger partial charge in [-0.1, -0.05) is 12.1 Å². The number of nitrogens with zero attached hydrogens (tertiary/aromatic N) is 1. The summed E-state index contributed by atoms with van der Waals surface area (Å²) < 4.78 is 19.0. The smallest absolute Gasteiger partial charge is 0.328 e. The SMILES string of the molecule is CCOC(=O)C1CCCN1C(=O)c1cccc(C)c1F. The molecule has 1 atom stereocenters. The lowest BCUT2D eigenvalue weighted by atomic mass is 10.1. The van der Waals surface area contributed by atoms with Crippen molar-refractivity contribution < 1.29 is 18.7 Å². The van der Waals surface area contributed by atoms with Crippen molar-refractivity contribution in [1.29, 1.82) is 0 Å². The summed E-state index contributed by atoms with van der Waals surface area (Å²) in [5, 5.41) is 0. The molecule has 1 saturated heterocycles. The maximum Gasteiger partial charge on any atom is 0.328 e. The van der Waals surface area contributed by atoms with Crippen LogP contribution in [0.4, 0.5) is 4.39 Å². The highest BCUT2D eigenvalue weighted by Crippen LogP contribution is 2.23. The minimum atomic E-state index is -0.595. The van der Waals surface area contributed by atoms with Gasteiger partial charge in [0.25, 0.3) is 5.91 Å². The number of carbonyl (C=O) groups is 2. The predicted molar refractivity (Wildman–Crippen MR) is 71.8 cm³/mol. The molecule has 1 fully saturated rings. The fraction of sp³-hybridized carbons (Fsp3) is 0.467. The second kappa shape index (κ2) is 6.03. The second-order valence-corrected chi connectivity index (χ2v) is 4.85. The standard InChI is InChI=1S/C15H18FNO3/c1-3-20-15(19)12-8-5-9-17(12)14(18)11-7-4-6-10(2)13(11)16/h4,6-7,12H,3,5,8-9H2,1-2H3. The van der Waals surface area contributed by atoms with E-state index in [4.69, 9.17) is 4.74 Å². The van der Waals surface area contributed by atoms with Gasteiger partial charge in [-0.15, -0.1) is 0 Å². The van der Waals surface area contributed by atoms with Crippen LogP contribution < -0.4 is 0 Å². The summed E-state index contributed by atoms with van der Waals surface area (Å²) >= 11 is 0. The van der Waals surface area contributed by atoms with Gasteiger partial charge in [-0.05, 0) is 38.3 Å². The third kappa shape index (κ3) is 2.66. The molecule has 108 valence electrons. The van der Waals surface area contributed by atoms with Gasteiger partial charge in [0.2, 0.25) is 0 Å². The Morgan fingerprint density at radius 3 is 2.90 bits per heavy atom. The normalized spacial score (nSPS) is 18.1. The van der Waals surface area contributed by atoms with Crippen molar-refractivity contribution in [3.63, 3.8) is 0 Å². The van der Waals surface area contributed by atoms with Crippen molar-refractivity contribution in [3.05, 3.63) is 35.1 Å². The molecule has 2 rings (SSSR count). The second-order valence-electron chi connectivity index (χ2n) is 4.85. The summed E-state index contributed by atoms with van der Waals surface area (Å²) in [6, 6.07) is 4.10. The Balaban J connectivity index is 2.23. The molecule has 0 bridgehead atoms. The van der Waals surface area contributed by atoms with Crippen molar-refractivity contribution in [2.45, 2.75) is 32.7 Å². The number of aryl methyl sites for hydroxylation is 1. The molecule has 1 unspecified atom stereocenters. The molecular weight excluding hydrogens is 261 g/mol. The van der Waals surface area contributed by atoms with E-state index in [0.29, 0.717) is 18.5 Å².